The second-order valence-corrected chi connectivity index (χ2v) is 6.62. The number of carbonyl (C=O) groups excluding carboxylic acids is 1. The molecule has 0 fully saturated rings. The van der Waals surface area contributed by atoms with E-state index in [1.165, 1.54) is 8.92 Å². The van der Waals surface area contributed by atoms with Gasteiger partial charge >= 0.3 is 122 Å². The summed E-state index contributed by atoms with van der Waals surface area (Å²) >= 11 is 0.174. The van der Waals surface area contributed by atoms with E-state index in [0.29, 0.717) is 5.56 Å². The molecule has 0 saturated carbocycles. The van der Waals surface area contributed by atoms with Crippen LogP contribution in [0.15, 0.2) is 48.9 Å². The molecule has 0 saturated heterocycles. The van der Waals surface area contributed by atoms with Gasteiger partial charge in [0.05, 0.1) is 0 Å². The monoisotopic (exact) mass is 331 g/mol. The van der Waals surface area contributed by atoms with Crippen LogP contribution in [0.4, 0.5) is 0 Å². The summed E-state index contributed by atoms with van der Waals surface area (Å²) in [5.41, 5.74) is 1.74. The molecule has 4 nitrogen and oxygen atoms in total. The number of amides is 1. The maximum absolute atomic E-state index is 11.7. The van der Waals surface area contributed by atoms with Gasteiger partial charge in [-0.1, -0.05) is 0 Å². The Labute approximate surface area is 122 Å². The molecule has 0 bridgehead atoms. The zero-order valence-electron chi connectivity index (χ0n) is 10.9. The molecule has 5 heteroatoms. The maximum atomic E-state index is 11.7. The molecular weight excluding hydrogens is 317 g/mol. The number of fused-ring (bicyclic) bond motifs is 1. The zero-order valence-corrected chi connectivity index (χ0v) is 12.6. The number of aromatic amines is 1. The molecule has 2 heterocycles. The van der Waals surface area contributed by atoms with Crippen LogP contribution in [0, 0.1) is 0 Å². The van der Waals surface area contributed by atoms with Crippen molar-refractivity contribution in [1.29, 1.82) is 0 Å². The van der Waals surface area contributed by atoms with Crippen molar-refractivity contribution in [2.75, 3.05) is 7.05 Å². The van der Waals surface area contributed by atoms with E-state index in [0.717, 1.165) is 10.9 Å². The number of hydrogen-bond acceptors (Lipinski definition) is 2. The first-order valence-corrected chi connectivity index (χ1v) is 7.90. The molecule has 1 amide bonds. The van der Waals surface area contributed by atoms with E-state index in [1.807, 2.05) is 36.7 Å². The van der Waals surface area contributed by atoms with Gasteiger partial charge in [0.25, 0.3) is 0 Å². The summed E-state index contributed by atoms with van der Waals surface area (Å²) in [6.07, 6.45) is 5.69. The molecule has 100 valence electrons. The van der Waals surface area contributed by atoms with E-state index in [-0.39, 0.29) is 20.9 Å². The van der Waals surface area contributed by atoms with Crippen LogP contribution in [0.3, 0.4) is 0 Å². The summed E-state index contributed by atoms with van der Waals surface area (Å²) in [5, 5.41) is 3.76. The second-order valence-electron chi connectivity index (χ2n) is 4.28. The van der Waals surface area contributed by atoms with Gasteiger partial charge in [0, 0.05) is 0 Å². The summed E-state index contributed by atoms with van der Waals surface area (Å²) in [6, 6.07) is 9.75. The Kier molecular flexibility index (Phi) is 3.54. The Hall–Kier alpha value is -2.10. The van der Waals surface area contributed by atoms with Crippen LogP contribution < -0.4 is 14.2 Å². The molecule has 0 aliphatic rings. The van der Waals surface area contributed by atoms with Crippen LogP contribution >= 0.6 is 0 Å². The predicted octanol–water partition coefficient (Wildman–Crippen LogP) is 0.577. The standard InChI is InChI=1S/C15H13N3OSe/c1-16-15(19)10-4-5-13-12(7-10)14(9-18-13)20-11-3-2-6-17-8-11/h2-9,18H,1H3,(H,16,19). The molecule has 3 rings (SSSR count). The number of aromatic nitrogens is 2. The number of H-pyrrole nitrogens is 1. The number of nitrogens with one attached hydrogen (secondary N) is 2. The average molecular weight is 330 g/mol. The first-order chi connectivity index (χ1) is 9.78. The molecule has 0 aliphatic heterocycles. The molecule has 0 aliphatic carbocycles. The third-order valence-electron chi connectivity index (χ3n) is 3.00. The normalized spacial score (nSPS) is 10.7. The number of rotatable bonds is 3. The number of hydrogen-bond donors (Lipinski definition) is 2. The molecule has 0 atom stereocenters. The summed E-state index contributed by atoms with van der Waals surface area (Å²) in [6.45, 7) is 0. The van der Waals surface area contributed by atoms with Crippen LogP contribution in [0.1, 0.15) is 10.4 Å². The Morgan fingerprint density at radius 2 is 2.25 bits per heavy atom. The van der Waals surface area contributed by atoms with Crippen molar-refractivity contribution < 1.29 is 4.79 Å². The van der Waals surface area contributed by atoms with Crippen molar-refractivity contribution in [1.82, 2.24) is 15.3 Å². The Morgan fingerprint density at radius 1 is 1.35 bits per heavy atom. The fourth-order valence-corrected chi connectivity index (χ4v) is 3.91. The topological polar surface area (TPSA) is 57.8 Å². The molecule has 2 aromatic heterocycles. The van der Waals surface area contributed by atoms with Gasteiger partial charge in [0.2, 0.25) is 0 Å². The second kappa shape index (κ2) is 5.49. The van der Waals surface area contributed by atoms with Gasteiger partial charge in [0.15, 0.2) is 0 Å². The van der Waals surface area contributed by atoms with E-state index >= 15 is 0 Å². The SMILES string of the molecule is CNC(=O)c1ccc2[nH]cc([Se]c3cccnc3)c2c1. The fraction of sp³-hybridized carbons (Fsp3) is 0.0667. The van der Waals surface area contributed by atoms with E-state index in [9.17, 15) is 4.79 Å². The Balaban J connectivity index is 2.01. The zero-order chi connectivity index (χ0) is 13.9. The molecule has 0 spiro atoms. The van der Waals surface area contributed by atoms with Crippen molar-refractivity contribution in [3.8, 4) is 0 Å². The van der Waals surface area contributed by atoms with Gasteiger partial charge in [0.1, 0.15) is 0 Å². The number of nitrogens with zero attached hydrogens (tertiary/aromatic N) is 1. The van der Waals surface area contributed by atoms with Crippen LogP contribution in [0.2, 0.25) is 0 Å². The number of benzene rings is 1. The first-order valence-electron chi connectivity index (χ1n) is 6.19. The minimum absolute atomic E-state index is 0.0621. The van der Waals surface area contributed by atoms with Gasteiger partial charge < -0.3 is 0 Å². The van der Waals surface area contributed by atoms with E-state index in [4.69, 9.17) is 0 Å². The quantitative estimate of drug-likeness (QED) is 0.690. The molecule has 3 aromatic rings. The van der Waals surface area contributed by atoms with E-state index in [2.05, 4.69) is 21.4 Å². The summed E-state index contributed by atoms with van der Waals surface area (Å²) in [7, 11) is 1.64. The molecule has 0 unspecified atom stereocenters. The van der Waals surface area contributed by atoms with Crippen molar-refractivity contribution in [3.63, 3.8) is 0 Å². The number of carbonyl (C=O) groups is 1. The fourth-order valence-electron chi connectivity index (χ4n) is 2.00. The third kappa shape index (κ3) is 2.46. The average Bonchev–Trinajstić information content (AvgIpc) is 2.90. The van der Waals surface area contributed by atoms with E-state index < -0.39 is 0 Å². The van der Waals surface area contributed by atoms with Gasteiger partial charge in [-0.05, 0) is 0 Å². The predicted molar refractivity (Wildman–Crippen MR) is 80.9 cm³/mol. The van der Waals surface area contributed by atoms with Gasteiger partial charge in [-0.25, -0.2) is 0 Å². The Bertz CT molecular complexity index is 752. The van der Waals surface area contributed by atoms with Gasteiger partial charge in [-0.15, -0.1) is 0 Å². The van der Waals surface area contributed by atoms with Crippen LogP contribution in [-0.4, -0.2) is 37.9 Å². The third-order valence-corrected chi connectivity index (χ3v) is 5.17. The summed E-state index contributed by atoms with van der Waals surface area (Å²) < 4.78 is 2.44. The molecule has 2 N–H and O–H groups in total. The Morgan fingerprint density at radius 3 is 3.00 bits per heavy atom. The first kappa shape index (κ1) is 12.9. The van der Waals surface area contributed by atoms with Crippen molar-refractivity contribution in [3.05, 3.63) is 54.5 Å². The molecule has 0 radical (unpaired) electrons. The van der Waals surface area contributed by atoms with E-state index in [1.54, 1.807) is 13.2 Å². The number of pyridine rings is 1. The van der Waals surface area contributed by atoms with Crippen molar-refractivity contribution >= 4 is 40.7 Å². The summed E-state index contributed by atoms with van der Waals surface area (Å²) in [5.74, 6) is -0.0621. The van der Waals surface area contributed by atoms with Crippen LogP contribution in [-0.2, 0) is 0 Å². The van der Waals surface area contributed by atoms with Crippen molar-refractivity contribution in [2.24, 2.45) is 0 Å². The molecular formula is C15H13N3OSe. The van der Waals surface area contributed by atoms with Crippen LogP contribution in [0.5, 0.6) is 0 Å². The molecule has 1 aromatic carbocycles. The molecule has 20 heavy (non-hydrogen) atoms. The van der Waals surface area contributed by atoms with Gasteiger partial charge in [-0.3, -0.25) is 0 Å². The summed E-state index contributed by atoms with van der Waals surface area (Å²) in [4.78, 5) is 19.1. The van der Waals surface area contributed by atoms with Gasteiger partial charge in [-0.2, -0.15) is 0 Å². The van der Waals surface area contributed by atoms with Crippen LogP contribution in [0.25, 0.3) is 10.9 Å². The van der Waals surface area contributed by atoms with Crippen molar-refractivity contribution in [2.45, 2.75) is 0 Å². The minimum atomic E-state index is -0.0621.